The van der Waals surface area contributed by atoms with Gasteiger partial charge < -0.3 is 10.6 Å². The molecule has 4 amide bonds. The van der Waals surface area contributed by atoms with E-state index in [1.165, 1.54) is 0 Å². The Balaban J connectivity index is 1.65. The van der Waals surface area contributed by atoms with Crippen molar-refractivity contribution in [2.75, 3.05) is 29.6 Å². The molecular formula is C15H17N3O3S2. The van der Waals surface area contributed by atoms with Crippen LogP contribution in [0.4, 0.5) is 10.5 Å². The van der Waals surface area contributed by atoms with Crippen LogP contribution >= 0.6 is 23.5 Å². The first kappa shape index (κ1) is 16.2. The predicted molar refractivity (Wildman–Crippen MR) is 91.8 cm³/mol. The van der Waals surface area contributed by atoms with E-state index in [0.717, 1.165) is 15.5 Å². The lowest BCUT2D eigenvalue weighted by Gasteiger charge is -2.19. The topological polar surface area (TPSA) is 78.5 Å². The van der Waals surface area contributed by atoms with Gasteiger partial charge in [-0.1, -0.05) is 6.07 Å². The highest BCUT2D eigenvalue weighted by molar-refractivity contribution is 7.99. The fourth-order valence-corrected chi connectivity index (χ4v) is 4.48. The summed E-state index contributed by atoms with van der Waals surface area (Å²) in [6, 6.07) is 6.94. The summed E-state index contributed by atoms with van der Waals surface area (Å²) in [7, 11) is 0. The zero-order valence-electron chi connectivity index (χ0n) is 12.6. The van der Waals surface area contributed by atoms with Crippen molar-refractivity contribution in [1.82, 2.24) is 10.2 Å². The third-order valence-corrected chi connectivity index (χ3v) is 5.84. The van der Waals surface area contributed by atoms with Crippen LogP contribution in [-0.4, -0.2) is 52.6 Å². The van der Waals surface area contributed by atoms with Crippen LogP contribution in [0.2, 0.25) is 0 Å². The summed E-state index contributed by atoms with van der Waals surface area (Å²) in [6.07, 6.45) is 2.57. The summed E-state index contributed by atoms with van der Waals surface area (Å²) in [5, 5.41) is 5.48. The van der Waals surface area contributed by atoms with Crippen molar-refractivity contribution < 1.29 is 14.4 Å². The molecule has 0 radical (unpaired) electrons. The van der Waals surface area contributed by atoms with Crippen molar-refractivity contribution in [1.29, 1.82) is 0 Å². The zero-order chi connectivity index (χ0) is 16.4. The van der Waals surface area contributed by atoms with Crippen molar-refractivity contribution in [2.45, 2.75) is 16.9 Å². The smallest absolute Gasteiger partial charge is 0.324 e. The Morgan fingerprint density at radius 1 is 1.48 bits per heavy atom. The van der Waals surface area contributed by atoms with Gasteiger partial charge in [-0.05, 0) is 36.6 Å². The molecule has 122 valence electrons. The number of nitrogens with one attached hydrogen (secondary N) is 2. The molecule has 1 spiro atoms. The molecular weight excluding hydrogens is 334 g/mol. The van der Waals surface area contributed by atoms with E-state index in [9.17, 15) is 14.4 Å². The monoisotopic (exact) mass is 351 g/mol. The summed E-state index contributed by atoms with van der Waals surface area (Å²) in [5.41, 5.74) is -0.152. The first-order valence-corrected chi connectivity index (χ1v) is 9.58. The fraction of sp³-hybridized carbons (Fsp3) is 0.400. The first-order chi connectivity index (χ1) is 11.0. The number of hydrogen-bond donors (Lipinski definition) is 2. The Kier molecular flexibility index (Phi) is 4.54. The molecule has 0 saturated carbocycles. The number of carbonyl (C=O) groups is 3. The number of nitrogens with zero attached hydrogens (tertiary/aromatic N) is 1. The molecule has 1 aromatic rings. The molecule has 6 nitrogen and oxygen atoms in total. The van der Waals surface area contributed by atoms with Gasteiger partial charge in [0.2, 0.25) is 5.91 Å². The molecule has 1 atom stereocenters. The van der Waals surface area contributed by atoms with Crippen LogP contribution in [-0.2, 0) is 9.59 Å². The third-order valence-electron chi connectivity index (χ3n) is 3.92. The second kappa shape index (κ2) is 6.45. The molecule has 2 aliphatic rings. The van der Waals surface area contributed by atoms with E-state index in [-0.39, 0.29) is 18.4 Å². The van der Waals surface area contributed by atoms with Crippen LogP contribution in [0, 0.1) is 0 Å². The molecule has 3 rings (SSSR count). The summed E-state index contributed by atoms with van der Waals surface area (Å²) in [5.74, 6) is 0.744. The Morgan fingerprint density at radius 3 is 3.00 bits per heavy atom. The predicted octanol–water partition coefficient (Wildman–Crippen LogP) is 1.77. The number of urea groups is 1. The van der Waals surface area contributed by atoms with Gasteiger partial charge in [-0.15, -0.1) is 11.8 Å². The second-order valence-corrected chi connectivity index (χ2v) is 7.47. The number of carbonyl (C=O) groups excluding carboxylic acids is 3. The van der Waals surface area contributed by atoms with Crippen molar-refractivity contribution in [3.63, 3.8) is 0 Å². The van der Waals surface area contributed by atoms with Gasteiger partial charge in [-0.2, -0.15) is 11.8 Å². The molecule has 8 heteroatoms. The minimum absolute atomic E-state index is 0.263. The lowest BCUT2D eigenvalue weighted by molar-refractivity contribution is -0.133. The lowest BCUT2D eigenvalue weighted by Crippen LogP contribution is -2.47. The third kappa shape index (κ3) is 3.18. The molecule has 2 N–H and O–H groups in total. The Hall–Kier alpha value is -1.67. The van der Waals surface area contributed by atoms with Crippen LogP contribution in [0.15, 0.2) is 29.2 Å². The molecule has 2 saturated heterocycles. The average Bonchev–Trinajstić information content (AvgIpc) is 3.09. The molecule has 1 aromatic carbocycles. The summed E-state index contributed by atoms with van der Waals surface area (Å²) in [4.78, 5) is 38.7. The normalized spacial score (nSPS) is 23.4. The maximum atomic E-state index is 12.5. The number of anilines is 1. The van der Waals surface area contributed by atoms with E-state index in [0.29, 0.717) is 17.9 Å². The van der Waals surface area contributed by atoms with Crippen LogP contribution in [0.25, 0.3) is 0 Å². The minimum atomic E-state index is -0.805. The van der Waals surface area contributed by atoms with E-state index in [4.69, 9.17) is 0 Å². The number of imide groups is 1. The van der Waals surface area contributed by atoms with E-state index in [1.807, 2.05) is 24.5 Å². The fourth-order valence-electron chi connectivity index (χ4n) is 2.70. The summed E-state index contributed by atoms with van der Waals surface area (Å²) in [6.45, 7) is -0.263. The van der Waals surface area contributed by atoms with Gasteiger partial charge in [0.25, 0.3) is 5.91 Å². The standard InChI is InChI=1S/C15H17N3O3S2/c1-22-11-4-2-3-10(7-11)16-12(19)8-18-13(20)15(17-14(18)21)5-6-23-9-15/h2-4,7H,5-6,8-9H2,1H3,(H,16,19)(H,17,21). The molecule has 2 aliphatic heterocycles. The quantitative estimate of drug-likeness (QED) is 0.639. The Morgan fingerprint density at radius 2 is 2.30 bits per heavy atom. The highest BCUT2D eigenvalue weighted by Gasteiger charge is 2.53. The maximum absolute atomic E-state index is 12.5. The summed E-state index contributed by atoms with van der Waals surface area (Å²) < 4.78 is 0. The van der Waals surface area contributed by atoms with Gasteiger partial charge >= 0.3 is 6.03 Å². The van der Waals surface area contributed by atoms with E-state index < -0.39 is 11.6 Å². The van der Waals surface area contributed by atoms with Gasteiger partial charge in [0.1, 0.15) is 12.1 Å². The largest absolute Gasteiger partial charge is 0.325 e. The minimum Gasteiger partial charge on any atom is -0.324 e. The first-order valence-electron chi connectivity index (χ1n) is 7.20. The lowest BCUT2D eigenvalue weighted by atomic mass is 9.99. The summed E-state index contributed by atoms with van der Waals surface area (Å²) >= 11 is 3.21. The van der Waals surface area contributed by atoms with Crippen molar-refractivity contribution in [2.24, 2.45) is 0 Å². The van der Waals surface area contributed by atoms with Gasteiger partial charge in [0.15, 0.2) is 0 Å². The average molecular weight is 351 g/mol. The SMILES string of the molecule is CSc1cccc(NC(=O)CN2C(=O)NC3(CCSC3)C2=O)c1. The number of benzene rings is 1. The van der Waals surface area contributed by atoms with Crippen LogP contribution < -0.4 is 10.6 Å². The van der Waals surface area contributed by atoms with Gasteiger partial charge in [0, 0.05) is 16.3 Å². The van der Waals surface area contributed by atoms with Crippen LogP contribution in [0.5, 0.6) is 0 Å². The molecule has 0 aromatic heterocycles. The molecule has 1 unspecified atom stereocenters. The Bertz CT molecular complexity index is 659. The number of thioether (sulfide) groups is 2. The molecule has 2 heterocycles. The van der Waals surface area contributed by atoms with E-state index in [1.54, 1.807) is 29.6 Å². The Labute approximate surface area is 142 Å². The molecule has 2 fully saturated rings. The number of rotatable bonds is 4. The van der Waals surface area contributed by atoms with Crippen molar-refractivity contribution in [3.8, 4) is 0 Å². The van der Waals surface area contributed by atoms with Crippen LogP contribution in [0.3, 0.4) is 0 Å². The number of amides is 4. The molecule has 23 heavy (non-hydrogen) atoms. The van der Waals surface area contributed by atoms with Crippen molar-refractivity contribution in [3.05, 3.63) is 24.3 Å². The molecule has 0 aliphatic carbocycles. The van der Waals surface area contributed by atoms with E-state index in [2.05, 4.69) is 10.6 Å². The second-order valence-electron chi connectivity index (χ2n) is 5.49. The van der Waals surface area contributed by atoms with Gasteiger partial charge in [0.05, 0.1) is 0 Å². The van der Waals surface area contributed by atoms with Crippen molar-refractivity contribution >= 4 is 47.1 Å². The molecule has 0 bridgehead atoms. The van der Waals surface area contributed by atoms with Gasteiger partial charge in [-0.3, -0.25) is 14.5 Å². The van der Waals surface area contributed by atoms with Gasteiger partial charge in [-0.25, -0.2) is 4.79 Å². The van der Waals surface area contributed by atoms with E-state index >= 15 is 0 Å². The maximum Gasteiger partial charge on any atom is 0.325 e. The highest BCUT2D eigenvalue weighted by atomic mass is 32.2. The number of hydrogen-bond acceptors (Lipinski definition) is 5. The highest BCUT2D eigenvalue weighted by Crippen LogP contribution is 2.33. The van der Waals surface area contributed by atoms with Crippen LogP contribution in [0.1, 0.15) is 6.42 Å². The zero-order valence-corrected chi connectivity index (χ0v) is 14.3.